The van der Waals surface area contributed by atoms with Gasteiger partial charge in [0.2, 0.25) is 0 Å². The van der Waals surface area contributed by atoms with Crippen molar-refractivity contribution in [2.75, 3.05) is 19.7 Å². The molecular weight excluding hydrogens is 228 g/mol. The average molecular weight is 244 g/mol. The second-order valence-corrected chi connectivity index (χ2v) is 4.36. The predicted octanol–water partition coefficient (Wildman–Crippen LogP) is 1.00. The fraction of sp³-hybridized carbons (Fsp3) is 0.385. The van der Waals surface area contributed by atoms with Crippen molar-refractivity contribution in [1.82, 2.24) is 20.3 Å². The molecule has 2 aromatic heterocycles. The summed E-state index contributed by atoms with van der Waals surface area (Å²) in [5.41, 5.74) is 2.03. The molecule has 2 aromatic rings. The number of hydrogen-bond donors (Lipinski definition) is 2. The van der Waals surface area contributed by atoms with E-state index in [-0.39, 0.29) is 6.10 Å². The molecule has 0 amide bonds. The highest BCUT2D eigenvalue weighted by Gasteiger charge is 2.15. The van der Waals surface area contributed by atoms with Gasteiger partial charge in [0.05, 0.1) is 18.4 Å². The van der Waals surface area contributed by atoms with E-state index in [0.29, 0.717) is 0 Å². The van der Waals surface area contributed by atoms with Gasteiger partial charge in [0.15, 0.2) is 0 Å². The Labute approximate surface area is 106 Å². The average Bonchev–Trinajstić information content (AvgIpc) is 2.94. The van der Waals surface area contributed by atoms with Crippen LogP contribution in [0.1, 0.15) is 5.82 Å². The third-order valence-electron chi connectivity index (χ3n) is 3.01. The number of nitrogens with one attached hydrogen (secondary N) is 2. The molecule has 0 radical (unpaired) electrons. The van der Waals surface area contributed by atoms with Crippen LogP contribution in [0.2, 0.25) is 0 Å². The molecular formula is C13H16N4O. The summed E-state index contributed by atoms with van der Waals surface area (Å²) in [6.07, 6.45) is 6.57. The SMILES string of the molecule is c1cc(-c2cc[nH]c2)nc(CC2CNCCO2)n1. The van der Waals surface area contributed by atoms with Gasteiger partial charge in [-0.25, -0.2) is 9.97 Å². The van der Waals surface area contributed by atoms with Gasteiger partial charge in [0.1, 0.15) is 5.82 Å². The summed E-state index contributed by atoms with van der Waals surface area (Å²) >= 11 is 0. The van der Waals surface area contributed by atoms with Crippen molar-refractivity contribution in [2.24, 2.45) is 0 Å². The Morgan fingerprint density at radius 2 is 2.39 bits per heavy atom. The van der Waals surface area contributed by atoms with Crippen molar-refractivity contribution in [3.8, 4) is 11.3 Å². The van der Waals surface area contributed by atoms with Gasteiger partial charge in [-0.1, -0.05) is 0 Å². The van der Waals surface area contributed by atoms with Gasteiger partial charge in [0, 0.05) is 43.7 Å². The summed E-state index contributed by atoms with van der Waals surface area (Å²) in [6.45, 7) is 2.57. The lowest BCUT2D eigenvalue weighted by atomic mass is 10.2. The lowest BCUT2D eigenvalue weighted by Crippen LogP contribution is -2.39. The van der Waals surface area contributed by atoms with E-state index in [2.05, 4.69) is 20.3 Å². The molecule has 1 fully saturated rings. The number of ether oxygens (including phenoxy) is 1. The van der Waals surface area contributed by atoms with Crippen LogP contribution in [0.25, 0.3) is 11.3 Å². The number of nitrogens with zero attached hydrogens (tertiary/aromatic N) is 2. The van der Waals surface area contributed by atoms with E-state index in [0.717, 1.165) is 43.2 Å². The van der Waals surface area contributed by atoms with Crippen LogP contribution in [0, 0.1) is 0 Å². The maximum absolute atomic E-state index is 5.66. The first kappa shape index (κ1) is 11.4. The zero-order valence-corrected chi connectivity index (χ0v) is 10.1. The van der Waals surface area contributed by atoms with E-state index in [1.807, 2.05) is 24.5 Å². The smallest absolute Gasteiger partial charge is 0.131 e. The van der Waals surface area contributed by atoms with E-state index in [4.69, 9.17) is 4.74 Å². The highest BCUT2D eigenvalue weighted by molar-refractivity contribution is 5.57. The zero-order valence-electron chi connectivity index (χ0n) is 10.1. The van der Waals surface area contributed by atoms with Crippen LogP contribution in [0.3, 0.4) is 0 Å². The van der Waals surface area contributed by atoms with Gasteiger partial charge in [-0.2, -0.15) is 0 Å². The Hall–Kier alpha value is -1.72. The fourth-order valence-corrected chi connectivity index (χ4v) is 2.10. The molecule has 0 aromatic carbocycles. The minimum atomic E-state index is 0.181. The van der Waals surface area contributed by atoms with Crippen LogP contribution in [-0.4, -0.2) is 40.8 Å². The molecule has 5 heteroatoms. The van der Waals surface area contributed by atoms with Crippen molar-refractivity contribution in [2.45, 2.75) is 12.5 Å². The first-order valence-corrected chi connectivity index (χ1v) is 6.19. The summed E-state index contributed by atoms with van der Waals surface area (Å²) in [5.74, 6) is 0.836. The summed E-state index contributed by atoms with van der Waals surface area (Å²) in [6, 6.07) is 3.93. The van der Waals surface area contributed by atoms with Crippen LogP contribution in [0.5, 0.6) is 0 Å². The maximum atomic E-state index is 5.66. The summed E-state index contributed by atoms with van der Waals surface area (Å²) in [7, 11) is 0. The molecule has 0 saturated carbocycles. The molecule has 0 spiro atoms. The van der Waals surface area contributed by atoms with Gasteiger partial charge in [-0.3, -0.25) is 0 Å². The normalized spacial score (nSPS) is 19.9. The Balaban J connectivity index is 1.74. The van der Waals surface area contributed by atoms with Crippen LogP contribution in [0.15, 0.2) is 30.7 Å². The molecule has 18 heavy (non-hydrogen) atoms. The van der Waals surface area contributed by atoms with Gasteiger partial charge in [-0.15, -0.1) is 0 Å². The van der Waals surface area contributed by atoms with Gasteiger partial charge >= 0.3 is 0 Å². The van der Waals surface area contributed by atoms with Crippen molar-refractivity contribution in [3.63, 3.8) is 0 Å². The van der Waals surface area contributed by atoms with Gasteiger partial charge < -0.3 is 15.0 Å². The minimum absolute atomic E-state index is 0.181. The molecule has 1 aliphatic heterocycles. The summed E-state index contributed by atoms with van der Waals surface area (Å²) in [4.78, 5) is 11.9. The van der Waals surface area contributed by atoms with Gasteiger partial charge in [-0.05, 0) is 12.1 Å². The summed E-state index contributed by atoms with van der Waals surface area (Å²) < 4.78 is 5.66. The van der Waals surface area contributed by atoms with Crippen LogP contribution in [-0.2, 0) is 11.2 Å². The number of hydrogen-bond acceptors (Lipinski definition) is 4. The molecule has 1 unspecified atom stereocenters. The fourth-order valence-electron chi connectivity index (χ4n) is 2.10. The molecule has 1 saturated heterocycles. The molecule has 0 aliphatic carbocycles. The Bertz CT molecular complexity index is 491. The summed E-state index contributed by atoms with van der Waals surface area (Å²) in [5, 5.41) is 3.31. The number of aromatic nitrogens is 3. The van der Waals surface area contributed by atoms with E-state index in [9.17, 15) is 0 Å². The number of morpholine rings is 1. The largest absolute Gasteiger partial charge is 0.375 e. The molecule has 2 N–H and O–H groups in total. The first-order chi connectivity index (χ1) is 8.92. The Kier molecular flexibility index (Phi) is 3.34. The lowest BCUT2D eigenvalue weighted by molar-refractivity contribution is 0.0280. The van der Waals surface area contributed by atoms with E-state index in [1.54, 1.807) is 6.20 Å². The highest BCUT2D eigenvalue weighted by Crippen LogP contribution is 2.15. The Morgan fingerprint density at radius 1 is 1.39 bits per heavy atom. The van der Waals surface area contributed by atoms with Crippen molar-refractivity contribution in [1.29, 1.82) is 0 Å². The third-order valence-corrected chi connectivity index (χ3v) is 3.01. The van der Waals surface area contributed by atoms with Crippen LogP contribution in [0.4, 0.5) is 0 Å². The lowest BCUT2D eigenvalue weighted by Gasteiger charge is -2.22. The predicted molar refractivity (Wildman–Crippen MR) is 68.1 cm³/mol. The quantitative estimate of drug-likeness (QED) is 0.845. The minimum Gasteiger partial charge on any atom is -0.375 e. The first-order valence-electron chi connectivity index (χ1n) is 6.19. The van der Waals surface area contributed by atoms with Gasteiger partial charge in [0.25, 0.3) is 0 Å². The molecule has 3 rings (SSSR count). The number of H-pyrrole nitrogens is 1. The monoisotopic (exact) mass is 244 g/mol. The van der Waals surface area contributed by atoms with Crippen molar-refractivity contribution >= 4 is 0 Å². The maximum Gasteiger partial charge on any atom is 0.131 e. The topological polar surface area (TPSA) is 62.8 Å². The van der Waals surface area contributed by atoms with Crippen molar-refractivity contribution in [3.05, 3.63) is 36.5 Å². The molecule has 3 heterocycles. The molecule has 0 bridgehead atoms. The van der Waals surface area contributed by atoms with Crippen molar-refractivity contribution < 1.29 is 4.74 Å². The Morgan fingerprint density at radius 3 is 3.17 bits per heavy atom. The number of aromatic amines is 1. The van der Waals surface area contributed by atoms with E-state index >= 15 is 0 Å². The second-order valence-electron chi connectivity index (χ2n) is 4.36. The van der Waals surface area contributed by atoms with Crippen LogP contribution >= 0.6 is 0 Å². The molecule has 1 aliphatic rings. The van der Waals surface area contributed by atoms with E-state index < -0.39 is 0 Å². The standard InChI is InChI=1S/C13H16N4O/c1-3-14-8-10(1)12-2-4-16-13(17-12)7-11-9-15-5-6-18-11/h1-4,8,11,14-15H,5-7,9H2. The highest BCUT2D eigenvalue weighted by atomic mass is 16.5. The zero-order chi connectivity index (χ0) is 12.2. The molecule has 94 valence electrons. The third kappa shape index (κ3) is 2.57. The number of rotatable bonds is 3. The molecule has 5 nitrogen and oxygen atoms in total. The van der Waals surface area contributed by atoms with Crippen LogP contribution < -0.4 is 5.32 Å². The molecule has 1 atom stereocenters. The van der Waals surface area contributed by atoms with E-state index in [1.165, 1.54) is 0 Å². The second kappa shape index (κ2) is 5.29.